The molecule has 3 rings (SSSR count). The van der Waals surface area contributed by atoms with Gasteiger partial charge >= 0.3 is 0 Å². The van der Waals surface area contributed by atoms with Gasteiger partial charge in [0.25, 0.3) is 5.91 Å². The number of nitrogens with one attached hydrogen (secondary N) is 1. The molecule has 9 heteroatoms. The van der Waals surface area contributed by atoms with Gasteiger partial charge in [0.15, 0.2) is 0 Å². The number of rotatable bonds is 6. The highest BCUT2D eigenvalue weighted by molar-refractivity contribution is 6.32. The maximum atomic E-state index is 12.7. The van der Waals surface area contributed by atoms with Crippen molar-refractivity contribution in [2.75, 3.05) is 5.32 Å². The second kappa shape index (κ2) is 8.10. The number of amides is 1. The number of benzene rings is 1. The molecule has 1 unspecified atom stereocenters. The van der Waals surface area contributed by atoms with Crippen LogP contribution < -0.4 is 5.32 Å². The lowest BCUT2D eigenvalue weighted by Gasteiger charge is -2.16. The molecule has 3 aromatic rings. The molecule has 0 spiro atoms. The van der Waals surface area contributed by atoms with Gasteiger partial charge in [-0.2, -0.15) is 5.10 Å². The van der Waals surface area contributed by atoms with Crippen LogP contribution in [0.1, 0.15) is 36.3 Å². The lowest BCUT2D eigenvalue weighted by molar-refractivity contribution is -0.119. The van der Waals surface area contributed by atoms with Gasteiger partial charge in [0.1, 0.15) is 12.4 Å². The Morgan fingerprint density at radius 1 is 1.22 bits per heavy atom. The summed E-state index contributed by atoms with van der Waals surface area (Å²) < 4.78 is 3.27. The SMILES string of the molecule is CCC(C(=O)Nc1ncn(Cc2ccccc2Cl)n1)n1nc(C)c(Cl)c1C. The molecule has 2 aromatic heterocycles. The fourth-order valence-electron chi connectivity index (χ4n) is 2.84. The average molecular weight is 407 g/mol. The number of hydrogen-bond donors (Lipinski definition) is 1. The van der Waals surface area contributed by atoms with Crippen molar-refractivity contribution < 1.29 is 4.79 Å². The maximum Gasteiger partial charge on any atom is 0.251 e. The van der Waals surface area contributed by atoms with Crippen molar-refractivity contribution in [1.29, 1.82) is 0 Å². The molecule has 0 aliphatic rings. The third-order valence-corrected chi connectivity index (χ3v) is 5.20. The number of halogens is 2. The van der Waals surface area contributed by atoms with Crippen LogP contribution in [0.4, 0.5) is 5.95 Å². The highest BCUT2D eigenvalue weighted by Gasteiger charge is 2.24. The van der Waals surface area contributed by atoms with Gasteiger partial charge in [-0.3, -0.25) is 14.8 Å². The van der Waals surface area contributed by atoms with Crippen molar-refractivity contribution in [2.45, 2.75) is 39.8 Å². The first-order chi connectivity index (χ1) is 12.9. The Bertz CT molecular complexity index is 965. The summed E-state index contributed by atoms with van der Waals surface area (Å²) in [5, 5.41) is 12.7. The molecule has 0 saturated carbocycles. The minimum atomic E-state index is -0.494. The van der Waals surface area contributed by atoms with Crippen LogP contribution in [-0.4, -0.2) is 30.5 Å². The van der Waals surface area contributed by atoms with Crippen LogP contribution in [0.2, 0.25) is 10.0 Å². The zero-order chi connectivity index (χ0) is 19.6. The molecule has 0 fully saturated rings. The molecule has 1 atom stereocenters. The predicted octanol–water partition coefficient (Wildman–Crippen LogP) is 4.04. The van der Waals surface area contributed by atoms with Crippen molar-refractivity contribution in [2.24, 2.45) is 0 Å². The summed E-state index contributed by atoms with van der Waals surface area (Å²) in [7, 11) is 0. The van der Waals surface area contributed by atoms with Crippen molar-refractivity contribution in [1.82, 2.24) is 24.5 Å². The minimum Gasteiger partial charge on any atom is -0.291 e. The summed E-state index contributed by atoms with van der Waals surface area (Å²) in [5.41, 5.74) is 2.38. The van der Waals surface area contributed by atoms with Crippen LogP contribution in [0.5, 0.6) is 0 Å². The topological polar surface area (TPSA) is 77.6 Å². The van der Waals surface area contributed by atoms with Gasteiger partial charge < -0.3 is 0 Å². The molecular formula is C18H20Cl2N6O. The predicted molar refractivity (Wildman–Crippen MR) is 105 cm³/mol. The van der Waals surface area contributed by atoms with E-state index in [9.17, 15) is 4.79 Å². The summed E-state index contributed by atoms with van der Waals surface area (Å²) >= 11 is 12.4. The van der Waals surface area contributed by atoms with E-state index in [4.69, 9.17) is 23.2 Å². The smallest absolute Gasteiger partial charge is 0.251 e. The van der Waals surface area contributed by atoms with Crippen molar-refractivity contribution in [3.8, 4) is 0 Å². The fourth-order valence-corrected chi connectivity index (χ4v) is 3.16. The third kappa shape index (κ3) is 4.14. The highest BCUT2D eigenvalue weighted by atomic mass is 35.5. The van der Waals surface area contributed by atoms with Gasteiger partial charge in [-0.25, -0.2) is 9.67 Å². The van der Waals surface area contributed by atoms with Crippen LogP contribution in [-0.2, 0) is 11.3 Å². The van der Waals surface area contributed by atoms with Crippen LogP contribution in [0, 0.1) is 13.8 Å². The van der Waals surface area contributed by atoms with Gasteiger partial charge in [-0.1, -0.05) is 48.3 Å². The molecule has 0 bridgehead atoms. The quantitative estimate of drug-likeness (QED) is 0.669. The molecule has 0 saturated heterocycles. The van der Waals surface area contributed by atoms with E-state index in [0.29, 0.717) is 28.7 Å². The van der Waals surface area contributed by atoms with E-state index >= 15 is 0 Å². The average Bonchev–Trinajstić information content (AvgIpc) is 3.18. The van der Waals surface area contributed by atoms with E-state index in [1.807, 2.05) is 45.0 Å². The van der Waals surface area contributed by atoms with Crippen molar-refractivity contribution >= 4 is 35.1 Å². The second-order valence-corrected chi connectivity index (χ2v) is 6.98. The van der Waals surface area contributed by atoms with E-state index in [2.05, 4.69) is 20.5 Å². The Morgan fingerprint density at radius 3 is 2.59 bits per heavy atom. The molecule has 0 aliphatic heterocycles. The lowest BCUT2D eigenvalue weighted by atomic mass is 10.2. The number of hydrogen-bond acceptors (Lipinski definition) is 4. The van der Waals surface area contributed by atoms with Crippen LogP contribution in [0.15, 0.2) is 30.6 Å². The molecule has 27 heavy (non-hydrogen) atoms. The monoisotopic (exact) mass is 406 g/mol. The third-order valence-electron chi connectivity index (χ3n) is 4.28. The van der Waals surface area contributed by atoms with Crippen LogP contribution in [0.3, 0.4) is 0 Å². The number of anilines is 1. The number of carbonyl (C=O) groups excluding carboxylic acids is 1. The molecule has 2 heterocycles. The Morgan fingerprint density at radius 2 is 1.96 bits per heavy atom. The fraction of sp³-hybridized carbons (Fsp3) is 0.333. The maximum absolute atomic E-state index is 12.7. The first-order valence-electron chi connectivity index (χ1n) is 8.55. The lowest BCUT2D eigenvalue weighted by Crippen LogP contribution is -2.27. The molecule has 142 valence electrons. The van der Waals surface area contributed by atoms with E-state index in [-0.39, 0.29) is 11.9 Å². The van der Waals surface area contributed by atoms with Crippen molar-refractivity contribution in [3.05, 3.63) is 57.6 Å². The Hall–Kier alpha value is -2.38. The zero-order valence-electron chi connectivity index (χ0n) is 15.3. The Balaban J connectivity index is 1.73. The van der Waals surface area contributed by atoms with Gasteiger partial charge in [-0.05, 0) is 31.9 Å². The molecule has 1 amide bonds. The van der Waals surface area contributed by atoms with E-state index in [1.165, 1.54) is 0 Å². The number of carbonyl (C=O) groups is 1. The highest BCUT2D eigenvalue weighted by Crippen LogP contribution is 2.24. The molecule has 1 N–H and O–H groups in total. The summed E-state index contributed by atoms with van der Waals surface area (Å²) in [5.74, 6) is -0.00612. The molecule has 7 nitrogen and oxygen atoms in total. The molecule has 0 radical (unpaired) electrons. The Kier molecular flexibility index (Phi) is 5.82. The standard InChI is InChI=1S/C18H20Cl2N6O/c1-4-15(26-12(3)16(20)11(2)23-26)17(27)22-18-21-10-25(24-18)9-13-7-5-6-8-14(13)19/h5-8,10,15H,4,9H2,1-3H3,(H,22,24,27). The second-order valence-electron chi connectivity index (χ2n) is 6.20. The summed E-state index contributed by atoms with van der Waals surface area (Å²) in [6.45, 7) is 6.04. The number of aryl methyl sites for hydroxylation is 1. The van der Waals surface area contributed by atoms with Crippen LogP contribution >= 0.6 is 23.2 Å². The van der Waals surface area contributed by atoms with Gasteiger partial charge in [-0.15, -0.1) is 5.10 Å². The number of aromatic nitrogens is 5. The first kappa shape index (κ1) is 19.4. The Labute approximate surface area is 167 Å². The van der Waals surface area contributed by atoms with Gasteiger partial charge in [0, 0.05) is 5.02 Å². The van der Waals surface area contributed by atoms with Crippen LogP contribution in [0.25, 0.3) is 0 Å². The molecule has 0 aliphatic carbocycles. The molecular weight excluding hydrogens is 387 g/mol. The van der Waals surface area contributed by atoms with Gasteiger partial charge in [0.05, 0.1) is 23.0 Å². The van der Waals surface area contributed by atoms with Crippen molar-refractivity contribution in [3.63, 3.8) is 0 Å². The normalized spacial score (nSPS) is 12.2. The zero-order valence-corrected chi connectivity index (χ0v) is 16.8. The first-order valence-corrected chi connectivity index (χ1v) is 9.31. The van der Waals surface area contributed by atoms with E-state index in [0.717, 1.165) is 11.3 Å². The summed E-state index contributed by atoms with van der Waals surface area (Å²) in [4.78, 5) is 16.9. The van der Waals surface area contributed by atoms with E-state index in [1.54, 1.807) is 15.7 Å². The van der Waals surface area contributed by atoms with Gasteiger partial charge in [0.2, 0.25) is 5.95 Å². The number of nitrogens with zero attached hydrogens (tertiary/aromatic N) is 5. The summed E-state index contributed by atoms with van der Waals surface area (Å²) in [6.07, 6.45) is 2.12. The largest absolute Gasteiger partial charge is 0.291 e. The minimum absolute atomic E-state index is 0.234. The molecule has 1 aromatic carbocycles. The summed E-state index contributed by atoms with van der Waals surface area (Å²) in [6, 6.07) is 7.03. The van der Waals surface area contributed by atoms with E-state index < -0.39 is 6.04 Å².